The lowest BCUT2D eigenvalue weighted by Gasteiger charge is -2.06. The maximum Gasteiger partial charge on any atom is 0.167 e. The Hall–Kier alpha value is -1.31. The number of rotatable bonds is 3. The Bertz CT molecular complexity index is 591. The monoisotopic (exact) mass is 278 g/mol. The van der Waals surface area contributed by atoms with Crippen LogP contribution in [0.4, 0.5) is 0 Å². The molecule has 2 aromatic rings. The SMILES string of the molecule is Cc1ccccc1C(=O)Cc1ccc(Cl)cc1Cl. The molecule has 92 valence electrons. The van der Waals surface area contributed by atoms with Crippen LogP contribution in [-0.2, 0) is 6.42 Å². The van der Waals surface area contributed by atoms with Crippen molar-refractivity contribution in [1.82, 2.24) is 0 Å². The van der Waals surface area contributed by atoms with Gasteiger partial charge in [-0.1, -0.05) is 53.5 Å². The van der Waals surface area contributed by atoms with Crippen molar-refractivity contribution in [3.63, 3.8) is 0 Å². The number of halogens is 2. The van der Waals surface area contributed by atoms with E-state index in [1.54, 1.807) is 18.2 Å². The zero-order valence-electron chi connectivity index (χ0n) is 9.91. The van der Waals surface area contributed by atoms with Crippen LogP contribution in [-0.4, -0.2) is 5.78 Å². The number of aryl methyl sites for hydroxylation is 1. The van der Waals surface area contributed by atoms with E-state index >= 15 is 0 Å². The minimum atomic E-state index is 0.0670. The van der Waals surface area contributed by atoms with Crippen molar-refractivity contribution in [2.75, 3.05) is 0 Å². The largest absolute Gasteiger partial charge is 0.294 e. The molecule has 0 aliphatic heterocycles. The highest BCUT2D eigenvalue weighted by Crippen LogP contribution is 2.22. The number of benzene rings is 2. The molecule has 0 aromatic heterocycles. The second kappa shape index (κ2) is 5.55. The quantitative estimate of drug-likeness (QED) is 0.742. The van der Waals surface area contributed by atoms with E-state index < -0.39 is 0 Å². The maximum absolute atomic E-state index is 12.2. The van der Waals surface area contributed by atoms with Crippen molar-refractivity contribution in [3.8, 4) is 0 Å². The van der Waals surface area contributed by atoms with Gasteiger partial charge in [0, 0.05) is 22.0 Å². The molecule has 2 aromatic carbocycles. The molecule has 0 N–H and O–H groups in total. The Kier molecular flexibility index (Phi) is 4.05. The number of carbonyl (C=O) groups is 1. The summed E-state index contributed by atoms with van der Waals surface area (Å²) < 4.78 is 0. The van der Waals surface area contributed by atoms with Crippen molar-refractivity contribution in [2.24, 2.45) is 0 Å². The average molecular weight is 279 g/mol. The van der Waals surface area contributed by atoms with Gasteiger partial charge in [-0.05, 0) is 30.2 Å². The molecule has 0 heterocycles. The fourth-order valence-corrected chi connectivity index (χ4v) is 2.29. The highest BCUT2D eigenvalue weighted by Gasteiger charge is 2.11. The molecule has 18 heavy (non-hydrogen) atoms. The fraction of sp³-hybridized carbons (Fsp3) is 0.133. The van der Waals surface area contributed by atoms with Crippen LogP contribution in [0.15, 0.2) is 42.5 Å². The lowest BCUT2D eigenvalue weighted by atomic mass is 9.99. The van der Waals surface area contributed by atoms with Gasteiger partial charge in [-0.3, -0.25) is 4.79 Å². The third-order valence-corrected chi connectivity index (χ3v) is 3.40. The van der Waals surface area contributed by atoms with Crippen LogP contribution in [0.25, 0.3) is 0 Å². The molecule has 0 aliphatic rings. The Morgan fingerprint density at radius 3 is 2.50 bits per heavy atom. The molecule has 0 radical (unpaired) electrons. The van der Waals surface area contributed by atoms with Crippen LogP contribution >= 0.6 is 23.2 Å². The van der Waals surface area contributed by atoms with Gasteiger partial charge < -0.3 is 0 Å². The summed E-state index contributed by atoms with van der Waals surface area (Å²) in [4.78, 5) is 12.2. The smallest absolute Gasteiger partial charge is 0.167 e. The second-order valence-electron chi connectivity index (χ2n) is 4.15. The maximum atomic E-state index is 12.2. The molecule has 0 atom stereocenters. The molecule has 0 saturated carbocycles. The normalized spacial score (nSPS) is 10.4. The minimum Gasteiger partial charge on any atom is -0.294 e. The average Bonchev–Trinajstić information content (AvgIpc) is 2.33. The van der Waals surface area contributed by atoms with Gasteiger partial charge in [0.25, 0.3) is 0 Å². The Morgan fingerprint density at radius 1 is 1.11 bits per heavy atom. The predicted octanol–water partition coefficient (Wildman–Crippen LogP) is 4.73. The zero-order chi connectivity index (χ0) is 13.1. The lowest BCUT2D eigenvalue weighted by Crippen LogP contribution is -2.05. The predicted molar refractivity (Wildman–Crippen MR) is 75.7 cm³/mol. The number of hydrogen-bond donors (Lipinski definition) is 0. The second-order valence-corrected chi connectivity index (χ2v) is 4.99. The van der Waals surface area contributed by atoms with Crippen LogP contribution < -0.4 is 0 Å². The van der Waals surface area contributed by atoms with Gasteiger partial charge in [-0.15, -0.1) is 0 Å². The Labute approximate surface area is 116 Å². The first-order chi connectivity index (χ1) is 8.58. The van der Waals surface area contributed by atoms with E-state index in [4.69, 9.17) is 23.2 Å². The first kappa shape index (κ1) is 13.1. The van der Waals surface area contributed by atoms with Gasteiger partial charge in [0.1, 0.15) is 0 Å². The standard InChI is InChI=1S/C15H12Cl2O/c1-10-4-2-3-5-13(10)15(18)8-11-6-7-12(16)9-14(11)17/h2-7,9H,8H2,1H3. The first-order valence-corrected chi connectivity index (χ1v) is 6.36. The number of Topliss-reactive ketones (excluding diaryl/α,β-unsaturated/α-hetero) is 1. The minimum absolute atomic E-state index is 0.0670. The van der Waals surface area contributed by atoms with Crippen LogP contribution in [0.3, 0.4) is 0 Å². The molecule has 0 amide bonds. The fourth-order valence-electron chi connectivity index (χ4n) is 1.82. The Balaban J connectivity index is 2.24. The van der Waals surface area contributed by atoms with Crippen LogP contribution in [0.1, 0.15) is 21.5 Å². The molecule has 2 rings (SSSR count). The van der Waals surface area contributed by atoms with E-state index in [1.165, 1.54) is 0 Å². The van der Waals surface area contributed by atoms with Crippen molar-refractivity contribution < 1.29 is 4.79 Å². The van der Waals surface area contributed by atoms with E-state index in [9.17, 15) is 4.79 Å². The molecule has 1 nitrogen and oxygen atoms in total. The van der Waals surface area contributed by atoms with Crippen molar-refractivity contribution in [1.29, 1.82) is 0 Å². The van der Waals surface area contributed by atoms with Crippen LogP contribution in [0, 0.1) is 6.92 Å². The van der Waals surface area contributed by atoms with Crippen LogP contribution in [0.5, 0.6) is 0 Å². The Morgan fingerprint density at radius 2 is 1.83 bits per heavy atom. The summed E-state index contributed by atoms with van der Waals surface area (Å²) in [6, 6.07) is 12.7. The highest BCUT2D eigenvalue weighted by atomic mass is 35.5. The first-order valence-electron chi connectivity index (χ1n) is 5.60. The summed E-state index contributed by atoms with van der Waals surface area (Å²) in [5.41, 5.74) is 2.52. The molecule has 0 bridgehead atoms. The van der Waals surface area contributed by atoms with E-state index in [2.05, 4.69) is 0 Å². The summed E-state index contributed by atoms with van der Waals surface area (Å²) in [5, 5.41) is 1.11. The third-order valence-electron chi connectivity index (χ3n) is 2.81. The molecular formula is C15H12Cl2O. The summed E-state index contributed by atoms with van der Waals surface area (Å²) >= 11 is 11.9. The number of ketones is 1. The van der Waals surface area contributed by atoms with Crippen LogP contribution in [0.2, 0.25) is 10.0 Å². The lowest BCUT2D eigenvalue weighted by molar-refractivity contribution is 0.0992. The number of carbonyl (C=O) groups excluding carboxylic acids is 1. The van der Waals surface area contributed by atoms with Gasteiger partial charge in [-0.25, -0.2) is 0 Å². The summed E-state index contributed by atoms with van der Waals surface area (Å²) in [6.07, 6.45) is 0.293. The van der Waals surface area contributed by atoms with E-state index in [-0.39, 0.29) is 5.78 Å². The molecule has 0 fully saturated rings. The van der Waals surface area contributed by atoms with Gasteiger partial charge in [-0.2, -0.15) is 0 Å². The van der Waals surface area contributed by atoms with Crippen molar-refractivity contribution >= 4 is 29.0 Å². The van der Waals surface area contributed by atoms with E-state index in [0.29, 0.717) is 16.5 Å². The molecule has 0 saturated heterocycles. The summed E-state index contributed by atoms with van der Waals surface area (Å²) in [7, 11) is 0. The van der Waals surface area contributed by atoms with Gasteiger partial charge in [0.2, 0.25) is 0 Å². The van der Waals surface area contributed by atoms with Crippen molar-refractivity contribution in [2.45, 2.75) is 13.3 Å². The summed E-state index contributed by atoms with van der Waals surface area (Å²) in [5.74, 6) is 0.0670. The van der Waals surface area contributed by atoms with E-state index in [1.807, 2.05) is 31.2 Å². The molecule has 3 heteroatoms. The zero-order valence-corrected chi connectivity index (χ0v) is 11.4. The van der Waals surface area contributed by atoms with Gasteiger partial charge in [0.15, 0.2) is 5.78 Å². The topological polar surface area (TPSA) is 17.1 Å². The van der Waals surface area contributed by atoms with Gasteiger partial charge >= 0.3 is 0 Å². The highest BCUT2D eigenvalue weighted by molar-refractivity contribution is 6.35. The number of hydrogen-bond acceptors (Lipinski definition) is 1. The van der Waals surface area contributed by atoms with Gasteiger partial charge in [0.05, 0.1) is 0 Å². The molecule has 0 unspecified atom stereocenters. The van der Waals surface area contributed by atoms with E-state index in [0.717, 1.165) is 16.7 Å². The third kappa shape index (κ3) is 2.92. The van der Waals surface area contributed by atoms with Crippen molar-refractivity contribution in [3.05, 3.63) is 69.2 Å². The molecular weight excluding hydrogens is 267 g/mol. The summed E-state index contributed by atoms with van der Waals surface area (Å²) in [6.45, 7) is 1.93. The molecule has 0 spiro atoms. The molecule has 0 aliphatic carbocycles.